The lowest BCUT2D eigenvalue weighted by Crippen LogP contribution is -2.47. The molecule has 1 aliphatic carbocycles. The van der Waals surface area contributed by atoms with Crippen LogP contribution in [0.1, 0.15) is 85.0 Å². The third-order valence-electron chi connectivity index (χ3n) is 7.62. The van der Waals surface area contributed by atoms with Gasteiger partial charge in [-0.15, -0.1) is 0 Å². The summed E-state index contributed by atoms with van der Waals surface area (Å²) in [6.45, 7) is 16.6. The second kappa shape index (κ2) is 16.9. The predicted molar refractivity (Wildman–Crippen MR) is 142 cm³/mol. The van der Waals surface area contributed by atoms with Crippen LogP contribution in [0.25, 0.3) is 0 Å². The van der Waals surface area contributed by atoms with Crippen molar-refractivity contribution in [3.63, 3.8) is 0 Å². The number of likely N-dealkylation sites (tertiary alicyclic amines) is 1. The molecule has 2 aliphatic rings. The standard InChI is InChI=1S/C28H54N4/c1-5-8-14-22-31(6-2)27-18-15-21-30(23-19-27)25-28(32(7-3)24-20-29-4)26-16-12-10-9-11-13-17-26/h10,12,17,27-29H,5-9,11,13-16,18-25H2,1-4H3/b12-10-,26-17+. The number of rotatable bonds is 14. The van der Waals surface area contributed by atoms with Crippen LogP contribution >= 0.6 is 0 Å². The van der Waals surface area contributed by atoms with Crippen LogP contribution in [0.5, 0.6) is 0 Å². The number of nitrogens with one attached hydrogen (secondary N) is 1. The van der Waals surface area contributed by atoms with E-state index in [0.717, 1.165) is 32.1 Å². The quantitative estimate of drug-likeness (QED) is 0.288. The molecule has 0 radical (unpaired) electrons. The number of hydrogen-bond donors (Lipinski definition) is 1. The molecule has 0 saturated carbocycles. The fraction of sp³-hybridized carbons (Fsp3) is 0.857. The number of hydrogen-bond acceptors (Lipinski definition) is 4. The van der Waals surface area contributed by atoms with Gasteiger partial charge in [0.25, 0.3) is 0 Å². The molecule has 4 heteroatoms. The van der Waals surface area contributed by atoms with Crippen LogP contribution in [0.4, 0.5) is 0 Å². The molecule has 1 saturated heterocycles. The molecule has 186 valence electrons. The SMILES string of the molecule is CCCCCN(CC)C1CCCN(CC(/C2=C/CCC/C=C\C2)N(CC)CCNC)CC1. The summed E-state index contributed by atoms with van der Waals surface area (Å²) in [7, 11) is 2.08. The first-order valence-corrected chi connectivity index (χ1v) is 13.9. The first kappa shape index (κ1) is 27.6. The number of unbranched alkanes of at least 4 members (excludes halogenated alkanes) is 2. The Morgan fingerprint density at radius 1 is 1.00 bits per heavy atom. The molecule has 1 aliphatic heterocycles. The summed E-state index contributed by atoms with van der Waals surface area (Å²) in [5, 5.41) is 3.38. The van der Waals surface area contributed by atoms with E-state index in [4.69, 9.17) is 0 Å². The van der Waals surface area contributed by atoms with E-state index in [1.54, 1.807) is 5.57 Å². The van der Waals surface area contributed by atoms with Crippen LogP contribution < -0.4 is 5.32 Å². The Kier molecular flexibility index (Phi) is 14.5. The molecule has 1 N–H and O–H groups in total. The fourth-order valence-electron chi connectivity index (χ4n) is 5.57. The highest BCUT2D eigenvalue weighted by Gasteiger charge is 2.27. The van der Waals surface area contributed by atoms with Gasteiger partial charge < -0.3 is 15.1 Å². The van der Waals surface area contributed by atoms with Crippen LogP contribution in [0.15, 0.2) is 23.8 Å². The predicted octanol–water partition coefficient (Wildman–Crippen LogP) is 5.32. The minimum atomic E-state index is 0.555. The third kappa shape index (κ3) is 9.67. The van der Waals surface area contributed by atoms with Crippen LogP contribution in [0, 0.1) is 0 Å². The maximum atomic E-state index is 3.38. The van der Waals surface area contributed by atoms with Gasteiger partial charge in [-0.2, -0.15) is 0 Å². The van der Waals surface area contributed by atoms with Gasteiger partial charge in [0.05, 0.1) is 0 Å². The summed E-state index contributed by atoms with van der Waals surface area (Å²) in [6, 6.07) is 1.34. The van der Waals surface area contributed by atoms with Gasteiger partial charge in [0.1, 0.15) is 0 Å². The molecule has 0 aromatic carbocycles. The number of nitrogens with zero attached hydrogens (tertiary/aromatic N) is 3. The molecule has 2 atom stereocenters. The maximum absolute atomic E-state index is 3.38. The highest BCUT2D eigenvalue weighted by molar-refractivity contribution is 5.17. The van der Waals surface area contributed by atoms with Crippen LogP contribution in [-0.4, -0.2) is 86.2 Å². The van der Waals surface area contributed by atoms with Crippen molar-refractivity contribution < 1.29 is 0 Å². The van der Waals surface area contributed by atoms with E-state index in [1.165, 1.54) is 90.5 Å². The molecule has 1 fully saturated rings. The van der Waals surface area contributed by atoms with Gasteiger partial charge in [-0.05, 0) is 91.1 Å². The Morgan fingerprint density at radius 2 is 1.88 bits per heavy atom. The van der Waals surface area contributed by atoms with E-state index in [9.17, 15) is 0 Å². The van der Waals surface area contributed by atoms with E-state index < -0.39 is 0 Å². The molecular weight excluding hydrogens is 392 g/mol. The topological polar surface area (TPSA) is 21.8 Å². The first-order chi connectivity index (χ1) is 15.7. The van der Waals surface area contributed by atoms with Crippen molar-refractivity contribution in [1.29, 1.82) is 0 Å². The normalized spacial score (nSPS) is 24.6. The van der Waals surface area contributed by atoms with E-state index in [-0.39, 0.29) is 0 Å². The van der Waals surface area contributed by atoms with Gasteiger partial charge in [0.15, 0.2) is 0 Å². The van der Waals surface area contributed by atoms with Crippen LogP contribution in [-0.2, 0) is 0 Å². The maximum Gasteiger partial charge on any atom is 0.0438 e. The summed E-state index contributed by atoms with van der Waals surface area (Å²) in [5.74, 6) is 0. The average molecular weight is 447 g/mol. The van der Waals surface area contributed by atoms with Gasteiger partial charge in [-0.3, -0.25) is 4.90 Å². The van der Waals surface area contributed by atoms with Gasteiger partial charge in [-0.25, -0.2) is 0 Å². The number of likely N-dealkylation sites (N-methyl/N-ethyl adjacent to an activating group) is 2. The molecule has 1 heterocycles. The molecule has 2 unspecified atom stereocenters. The second-order valence-corrected chi connectivity index (χ2v) is 9.85. The van der Waals surface area contributed by atoms with Crippen LogP contribution in [0.3, 0.4) is 0 Å². The molecule has 0 spiro atoms. The van der Waals surface area contributed by atoms with Gasteiger partial charge in [0.2, 0.25) is 0 Å². The monoisotopic (exact) mass is 446 g/mol. The van der Waals surface area contributed by atoms with Gasteiger partial charge in [0, 0.05) is 31.7 Å². The van der Waals surface area contributed by atoms with Crippen molar-refractivity contribution in [2.24, 2.45) is 0 Å². The molecule has 0 bridgehead atoms. The van der Waals surface area contributed by atoms with Crippen molar-refractivity contribution in [2.45, 2.75) is 97.1 Å². The zero-order valence-electron chi connectivity index (χ0n) is 22.0. The van der Waals surface area contributed by atoms with Gasteiger partial charge >= 0.3 is 0 Å². The largest absolute Gasteiger partial charge is 0.318 e. The molecule has 0 aromatic heterocycles. The Bertz CT molecular complexity index is 530. The van der Waals surface area contributed by atoms with Gasteiger partial charge in [-0.1, -0.05) is 57.4 Å². The van der Waals surface area contributed by atoms with Crippen molar-refractivity contribution in [2.75, 3.05) is 59.4 Å². The lowest BCUT2D eigenvalue weighted by Gasteiger charge is -2.37. The summed E-state index contributed by atoms with van der Waals surface area (Å²) in [6.07, 6.45) is 20.5. The summed E-state index contributed by atoms with van der Waals surface area (Å²) < 4.78 is 0. The summed E-state index contributed by atoms with van der Waals surface area (Å²) in [5.41, 5.74) is 1.66. The average Bonchev–Trinajstić information content (AvgIpc) is 3.02. The zero-order chi connectivity index (χ0) is 23.0. The Balaban J connectivity index is 2.03. The number of allylic oxidation sites excluding steroid dienone is 3. The Morgan fingerprint density at radius 3 is 2.62 bits per heavy atom. The third-order valence-corrected chi connectivity index (χ3v) is 7.62. The molecule has 32 heavy (non-hydrogen) atoms. The lowest BCUT2D eigenvalue weighted by atomic mass is 9.96. The van der Waals surface area contributed by atoms with E-state index in [1.807, 2.05) is 0 Å². The minimum Gasteiger partial charge on any atom is -0.318 e. The zero-order valence-corrected chi connectivity index (χ0v) is 22.0. The highest BCUT2D eigenvalue weighted by Crippen LogP contribution is 2.23. The highest BCUT2D eigenvalue weighted by atomic mass is 15.2. The summed E-state index contributed by atoms with van der Waals surface area (Å²) >= 11 is 0. The fourth-order valence-corrected chi connectivity index (χ4v) is 5.57. The minimum absolute atomic E-state index is 0.555. The molecule has 2 rings (SSSR count). The van der Waals surface area contributed by atoms with Crippen molar-refractivity contribution in [3.05, 3.63) is 23.8 Å². The van der Waals surface area contributed by atoms with E-state index in [0.29, 0.717) is 6.04 Å². The summed E-state index contributed by atoms with van der Waals surface area (Å²) in [4.78, 5) is 8.31. The van der Waals surface area contributed by atoms with E-state index >= 15 is 0 Å². The van der Waals surface area contributed by atoms with E-state index in [2.05, 4.69) is 66.1 Å². The molecule has 0 amide bonds. The smallest absolute Gasteiger partial charge is 0.0438 e. The Labute approximate surface area is 200 Å². The Hall–Kier alpha value is -0.680. The van der Waals surface area contributed by atoms with Crippen molar-refractivity contribution >= 4 is 0 Å². The lowest BCUT2D eigenvalue weighted by molar-refractivity contribution is 0.156. The molecule has 4 nitrogen and oxygen atoms in total. The van der Waals surface area contributed by atoms with Crippen molar-refractivity contribution in [3.8, 4) is 0 Å². The molecule has 0 aromatic rings. The van der Waals surface area contributed by atoms with Crippen molar-refractivity contribution in [1.82, 2.24) is 20.0 Å². The molecular formula is C28H54N4. The van der Waals surface area contributed by atoms with Crippen LogP contribution in [0.2, 0.25) is 0 Å². The first-order valence-electron chi connectivity index (χ1n) is 13.9. The second-order valence-electron chi connectivity index (χ2n) is 9.85.